The summed E-state index contributed by atoms with van der Waals surface area (Å²) in [7, 11) is 2.00. The Morgan fingerprint density at radius 2 is 1.94 bits per heavy atom. The van der Waals surface area contributed by atoms with Crippen LogP contribution in [0.15, 0.2) is 39.5 Å². The molecule has 0 aliphatic carbocycles. The predicted octanol–water partition coefficient (Wildman–Crippen LogP) is 4.33. The first-order valence-electron chi connectivity index (χ1n) is 5.69. The van der Waals surface area contributed by atoms with Gasteiger partial charge in [-0.15, -0.1) is 0 Å². The Hall–Kier alpha value is -0.640. The number of halogens is 1. The van der Waals surface area contributed by atoms with Gasteiger partial charge in [0.15, 0.2) is 0 Å². The maximum atomic E-state index is 3.57. The fraction of sp³-hybridized carbons (Fsp3) is 0.286. The third kappa shape index (κ3) is 3.18. The van der Waals surface area contributed by atoms with Gasteiger partial charge in [0.1, 0.15) is 0 Å². The molecule has 0 aliphatic heterocycles. The van der Waals surface area contributed by atoms with E-state index in [1.54, 1.807) is 11.3 Å². The van der Waals surface area contributed by atoms with Gasteiger partial charge in [0, 0.05) is 21.5 Å². The van der Waals surface area contributed by atoms with Gasteiger partial charge in [-0.05, 0) is 52.8 Å². The summed E-state index contributed by atoms with van der Waals surface area (Å²) in [5, 5.41) is 7.55. The molecule has 0 fully saturated rings. The van der Waals surface area contributed by atoms with Crippen LogP contribution in [0.4, 0.5) is 0 Å². The highest BCUT2D eigenvalue weighted by Gasteiger charge is 2.05. The second-order valence-electron chi connectivity index (χ2n) is 4.22. The number of thiophene rings is 1. The van der Waals surface area contributed by atoms with Crippen molar-refractivity contribution < 1.29 is 0 Å². The third-order valence-electron chi connectivity index (χ3n) is 2.91. The third-order valence-corrected chi connectivity index (χ3v) is 4.62. The molecule has 0 bridgehead atoms. The largest absolute Gasteiger partial charge is 0.317 e. The molecule has 1 atom stereocenters. The van der Waals surface area contributed by atoms with E-state index in [9.17, 15) is 0 Å². The van der Waals surface area contributed by atoms with Crippen molar-refractivity contribution in [3.8, 4) is 11.1 Å². The van der Waals surface area contributed by atoms with Crippen molar-refractivity contribution in [3.05, 3.63) is 45.1 Å². The normalized spacial score (nSPS) is 12.6. The topological polar surface area (TPSA) is 12.0 Å². The van der Waals surface area contributed by atoms with E-state index in [0.717, 1.165) is 6.42 Å². The molecule has 17 heavy (non-hydrogen) atoms. The second kappa shape index (κ2) is 5.80. The van der Waals surface area contributed by atoms with Gasteiger partial charge in [0.25, 0.3) is 0 Å². The van der Waals surface area contributed by atoms with Gasteiger partial charge in [-0.2, -0.15) is 11.3 Å². The van der Waals surface area contributed by atoms with Crippen molar-refractivity contribution in [2.24, 2.45) is 0 Å². The van der Waals surface area contributed by atoms with Gasteiger partial charge in [-0.1, -0.05) is 24.3 Å². The van der Waals surface area contributed by atoms with E-state index >= 15 is 0 Å². The van der Waals surface area contributed by atoms with Crippen molar-refractivity contribution in [1.82, 2.24) is 5.32 Å². The van der Waals surface area contributed by atoms with Crippen molar-refractivity contribution in [1.29, 1.82) is 0 Å². The summed E-state index contributed by atoms with van der Waals surface area (Å²) in [5.74, 6) is 0. The zero-order valence-electron chi connectivity index (χ0n) is 10.0. The Morgan fingerprint density at radius 1 is 1.24 bits per heavy atom. The van der Waals surface area contributed by atoms with Crippen LogP contribution in [0.1, 0.15) is 12.5 Å². The molecular weight excluding hydrogens is 294 g/mol. The quantitative estimate of drug-likeness (QED) is 0.886. The van der Waals surface area contributed by atoms with Gasteiger partial charge in [-0.25, -0.2) is 0 Å². The second-order valence-corrected chi connectivity index (χ2v) is 5.82. The van der Waals surface area contributed by atoms with Crippen LogP contribution >= 0.6 is 27.3 Å². The van der Waals surface area contributed by atoms with Gasteiger partial charge in [-0.3, -0.25) is 0 Å². The molecule has 0 aliphatic rings. The average molecular weight is 310 g/mol. The fourth-order valence-corrected chi connectivity index (χ4v) is 3.30. The number of likely N-dealkylation sites (N-methyl/N-ethyl adjacent to an activating group) is 1. The molecule has 0 saturated heterocycles. The van der Waals surface area contributed by atoms with Gasteiger partial charge in [0.2, 0.25) is 0 Å². The average Bonchev–Trinajstić information content (AvgIpc) is 2.76. The van der Waals surface area contributed by atoms with E-state index in [4.69, 9.17) is 0 Å². The van der Waals surface area contributed by atoms with E-state index in [2.05, 4.69) is 63.2 Å². The Bertz CT molecular complexity index is 475. The van der Waals surface area contributed by atoms with E-state index < -0.39 is 0 Å². The van der Waals surface area contributed by atoms with Crippen LogP contribution in [0.25, 0.3) is 11.1 Å². The summed E-state index contributed by atoms with van der Waals surface area (Å²) in [6, 6.07) is 9.35. The lowest BCUT2D eigenvalue weighted by atomic mass is 10.0. The smallest absolute Gasteiger partial charge is 0.0360 e. The molecule has 0 saturated carbocycles. The molecule has 2 rings (SSSR count). The molecule has 0 radical (unpaired) electrons. The summed E-state index contributed by atoms with van der Waals surface area (Å²) in [6.07, 6.45) is 1.07. The maximum absolute atomic E-state index is 3.57. The van der Waals surface area contributed by atoms with E-state index in [0.29, 0.717) is 6.04 Å². The fourth-order valence-electron chi connectivity index (χ4n) is 1.76. The highest BCUT2D eigenvalue weighted by molar-refractivity contribution is 9.10. The number of rotatable bonds is 4. The molecule has 0 spiro atoms. The van der Waals surface area contributed by atoms with Crippen LogP contribution in [0.2, 0.25) is 0 Å². The molecule has 3 heteroatoms. The molecule has 1 nitrogen and oxygen atoms in total. The van der Waals surface area contributed by atoms with Crippen LogP contribution in [-0.4, -0.2) is 13.1 Å². The maximum Gasteiger partial charge on any atom is 0.0360 e. The number of hydrogen-bond acceptors (Lipinski definition) is 2. The van der Waals surface area contributed by atoms with E-state index in [1.165, 1.54) is 21.2 Å². The molecule has 1 N–H and O–H groups in total. The van der Waals surface area contributed by atoms with Crippen LogP contribution in [0.5, 0.6) is 0 Å². The summed E-state index contributed by atoms with van der Waals surface area (Å²) in [6.45, 7) is 2.20. The van der Waals surface area contributed by atoms with Crippen LogP contribution < -0.4 is 5.32 Å². The van der Waals surface area contributed by atoms with E-state index in [-0.39, 0.29) is 0 Å². The lowest BCUT2D eigenvalue weighted by Gasteiger charge is -2.10. The summed E-state index contributed by atoms with van der Waals surface area (Å²) >= 11 is 5.30. The SMILES string of the molecule is CNC(C)Cc1ccc(-c2cscc2Br)cc1. The van der Waals surface area contributed by atoms with Crippen LogP contribution in [0, 0.1) is 0 Å². The van der Waals surface area contributed by atoms with Crippen LogP contribution in [-0.2, 0) is 6.42 Å². The number of nitrogens with one attached hydrogen (secondary N) is 1. The molecule has 1 unspecified atom stereocenters. The molecule has 2 aromatic rings. The van der Waals surface area contributed by atoms with E-state index in [1.807, 2.05) is 7.05 Å². The standard InChI is InChI=1S/C14H16BrNS/c1-10(16-2)7-11-3-5-12(6-4-11)13-8-17-9-14(13)15/h3-6,8-10,16H,7H2,1-2H3. The van der Waals surface area contributed by atoms with Gasteiger partial charge < -0.3 is 5.32 Å². The Labute approximate surface area is 115 Å². The molecule has 0 amide bonds. The lowest BCUT2D eigenvalue weighted by molar-refractivity contribution is 0.608. The Balaban J connectivity index is 2.16. The van der Waals surface area contributed by atoms with Crippen molar-refractivity contribution >= 4 is 27.3 Å². The minimum absolute atomic E-state index is 0.522. The molecule has 90 valence electrons. The summed E-state index contributed by atoms with van der Waals surface area (Å²) < 4.78 is 1.18. The first-order chi connectivity index (χ1) is 8.20. The van der Waals surface area contributed by atoms with Crippen molar-refractivity contribution in [2.75, 3.05) is 7.05 Å². The molecule has 1 aromatic carbocycles. The number of hydrogen-bond donors (Lipinski definition) is 1. The Morgan fingerprint density at radius 3 is 2.47 bits per heavy atom. The highest BCUT2D eigenvalue weighted by Crippen LogP contribution is 2.31. The first-order valence-corrected chi connectivity index (χ1v) is 7.42. The number of benzene rings is 1. The molecular formula is C14H16BrNS. The molecule has 1 heterocycles. The Kier molecular flexibility index (Phi) is 4.37. The van der Waals surface area contributed by atoms with Gasteiger partial charge in [0.05, 0.1) is 0 Å². The lowest BCUT2D eigenvalue weighted by Crippen LogP contribution is -2.23. The predicted molar refractivity (Wildman–Crippen MR) is 79.7 cm³/mol. The summed E-state index contributed by atoms with van der Waals surface area (Å²) in [4.78, 5) is 0. The van der Waals surface area contributed by atoms with Crippen molar-refractivity contribution in [3.63, 3.8) is 0 Å². The van der Waals surface area contributed by atoms with Gasteiger partial charge >= 0.3 is 0 Å². The highest BCUT2D eigenvalue weighted by atomic mass is 79.9. The summed E-state index contributed by atoms with van der Waals surface area (Å²) in [5.41, 5.74) is 3.93. The van der Waals surface area contributed by atoms with Crippen molar-refractivity contribution in [2.45, 2.75) is 19.4 Å². The zero-order valence-corrected chi connectivity index (χ0v) is 12.4. The monoisotopic (exact) mass is 309 g/mol. The zero-order chi connectivity index (χ0) is 12.3. The minimum Gasteiger partial charge on any atom is -0.317 e. The van der Waals surface area contributed by atoms with Crippen LogP contribution in [0.3, 0.4) is 0 Å². The minimum atomic E-state index is 0.522. The molecule has 1 aromatic heterocycles. The first kappa shape index (κ1) is 12.8.